The van der Waals surface area contributed by atoms with E-state index in [0.717, 1.165) is 18.9 Å². The van der Waals surface area contributed by atoms with Crippen LogP contribution in [-0.2, 0) is 11.3 Å². The third-order valence-corrected chi connectivity index (χ3v) is 3.02. The smallest absolute Gasteiger partial charge is 0.224 e. The van der Waals surface area contributed by atoms with Gasteiger partial charge in [0.15, 0.2) is 0 Å². The lowest BCUT2D eigenvalue weighted by molar-refractivity contribution is -0.123. The average Bonchev–Trinajstić information content (AvgIpc) is 2.44. The SMILES string of the molecule is CCNCc1ccc(N(C)CC(C)C(=O)NC)nc1. The second-order valence-electron chi connectivity index (χ2n) is 4.70. The molecule has 0 radical (unpaired) electrons. The molecule has 0 aliphatic rings. The maximum Gasteiger partial charge on any atom is 0.224 e. The molecule has 1 rings (SSSR count). The molecule has 106 valence electrons. The zero-order valence-corrected chi connectivity index (χ0v) is 12.2. The van der Waals surface area contributed by atoms with Crippen LogP contribution in [0.15, 0.2) is 18.3 Å². The Kier molecular flexibility index (Phi) is 6.29. The minimum absolute atomic E-state index is 0.0515. The molecule has 19 heavy (non-hydrogen) atoms. The summed E-state index contributed by atoms with van der Waals surface area (Å²) in [4.78, 5) is 17.9. The molecule has 5 heteroatoms. The number of rotatable bonds is 7. The van der Waals surface area contributed by atoms with Gasteiger partial charge in [0.25, 0.3) is 0 Å². The van der Waals surface area contributed by atoms with Gasteiger partial charge in [0.1, 0.15) is 5.82 Å². The van der Waals surface area contributed by atoms with Crippen LogP contribution < -0.4 is 15.5 Å². The lowest BCUT2D eigenvalue weighted by Crippen LogP contribution is -2.34. The van der Waals surface area contributed by atoms with Crippen LogP contribution in [-0.4, -0.2) is 38.1 Å². The number of amides is 1. The molecule has 2 N–H and O–H groups in total. The molecule has 1 aromatic rings. The molecule has 0 fully saturated rings. The van der Waals surface area contributed by atoms with Gasteiger partial charge in [-0.1, -0.05) is 19.9 Å². The molecular weight excluding hydrogens is 240 g/mol. The highest BCUT2D eigenvalue weighted by Crippen LogP contribution is 2.11. The van der Waals surface area contributed by atoms with Crippen LogP contribution in [0.2, 0.25) is 0 Å². The molecule has 5 nitrogen and oxygen atoms in total. The van der Waals surface area contributed by atoms with Gasteiger partial charge < -0.3 is 15.5 Å². The molecule has 0 bridgehead atoms. The summed E-state index contributed by atoms with van der Waals surface area (Å²) < 4.78 is 0. The van der Waals surface area contributed by atoms with E-state index in [4.69, 9.17) is 0 Å². The van der Waals surface area contributed by atoms with Gasteiger partial charge in [0, 0.05) is 33.4 Å². The van der Waals surface area contributed by atoms with Crippen molar-refractivity contribution in [3.8, 4) is 0 Å². The summed E-state index contributed by atoms with van der Waals surface area (Å²) in [5.41, 5.74) is 1.17. The van der Waals surface area contributed by atoms with E-state index in [0.29, 0.717) is 6.54 Å². The Hall–Kier alpha value is -1.62. The normalized spacial score (nSPS) is 12.0. The molecule has 0 saturated heterocycles. The van der Waals surface area contributed by atoms with Crippen LogP contribution in [0.5, 0.6) is 0 Å². The standard InChI is InChI=1S/C14H24N4O/c1-5-16-8-12-6-7-13(17-9-12)18(4)10-11(2)14(19)15-3/h6-7,9,11,16H,5,8,10H2,1-4H3,(H,15,19). The quantitative estimate of drug-likeness (QED) is 0.772. The second kappa shape index (κ2) is 7.74. The van der Waals surface area contributed by atoms with E-state index in [1.165, 1.54) is 5.56 Å². The molecule has 0 aromatic carbocycles. The molecule has 0 aliphatic carbocycles. The molecule has 1 heterocycles. The summed E-state index contributed by atoms with van der Waals surface area (Å²) in [5.74, 6) is 0.879. The Balaban J connectivity index is 2.57. The fourth-order valence-electron chi connectivity index (χ4n) is 1.85. The minimum Gasteiger partial charge on any atom is -0.359 e. The maximum absolute atomic E-state index is 11.5. The number of carbonyl (C=O) groups excluding carboxylic acids is 1. The van der Waals surface area contributed by atoms with Crippen molar-refractivity contribution >= 4 is 11.7 Å². The first-order valence-electron chi connectivity index (χ1n) is 6.66. The molecule has 1 atom stereocenters. The molecule has 0 spiro atoms. The first kappa shape index (κ1) is 15.4. The van der Waals surface area contributed by atoms with Gasteiger partial charge in [-0.3, -0.25) is 4.79 Å². The largest absolute Gasteiger partial charge is 0.359 e. The number of anilines is 1. The van der Waals surface area contributed by atoms with Crippen molar-refractivity contribution < 1.29 is 4.79 Å². The van der Waals surface area contributed by atoms with Crippen molar-refractivity contribution in [2.24, 2.45) is 5.92 Å². The zero-order chi connectivity index (χ0) is 14.3. The molecule has 1 aromatic heterocycles. The third-order valence-electron chi connectivity index (χ3n) is 3.02. The summed E-state index contributed by atoms with van der Waals surface area (Å²) in [6, 6.07) is 4.05. The molecular formula is C14H24N4O. The van der Waals surface area contributed by atoms with Crippen molar-refractivity contribution in [1.82, 2.24) is 15.6 Å². The van der Waals surface area contributed by atoms with E-state index in [2.05, 4.69) is 28.6 Å². The third kappa shape index (κ3) is 4.87. The van der Waals surface area contributed by atoms with Crippen molar-refractivity contribution in [1.29, 1.82) is 0 Å². The zero-order valence-electron chi connectivity index (χ0n) is 12.2. The summed E-state index contributed by atoms with van der Waals surface area (Å²) in [7, 11) is 3.61. The van der Waals surface area contributed by atoms with Gasteiger partial charge >= 0.3 is 0 Å². The first-order chi connectivity index (χ1) is 9.08. The van der Waals surface area contributed by atoms with E-state index in [9.17, 15) is 4.79 Å². The van der Waals surface area contributed by atoms with E-state index >= 15 is 0 Å². The Morgan fingerprint density at radius 2 is 2.21 bits per heavy atom. The Labute approximate surface area is 115 Å². The minimum atomic E-state index is -0.0572. The molecule has 1 unspecified atom stereocenters. The van der Waals surface area contributed by atoms with Crippen molar-refractivity contribution in [2.75, 3.05) is 32.1 Å². The van der Waals surface area contributed by atoms with Gasteiger partial charge in [-0.2, -0.15) is 0 Å². The lowest BCUT2D eigenvalue weighted by Gasteiger charge is -2.21. The Bertz CT molecular complexity index is 391. The summed E-state index contributed by atoms with van der Waals surface area (Å²) in [6.45, 7) is 6.43. The molecule has 0 saturated carbocycles. The predicted molar refractivity (Wildman–Crippen MR) is 78.1 cm³/mol. The highest BCUT2D eigenvalue weighted by atomic mass is 16.1. The van der Waals surface area contributed by atoms with E-state index < -0.39 is 0 Å². The lowest BCUT2D eigenvalue weighted by atomic mass is 10.1. The highest BCUT2D eigenvalue weighted by Gasteiger charge is 2.14. The van der Waals surface area contributed by atoms with Crippen LogP contribution in [0.4, 0.5) is 5.82 Å². The maximum atomic E-state index is 11.5. The number of nitrogens with one attached hydrogen (secondary N) is 2. The van der Waals surface area contributed by atoms with E-state index in [-0.39, 0.29) is 11.8 Å². The number of nitrogens with zero attached hydrogens (tertiary/aromatic N) is 2. The first-order valence-corrected chi connectivity index (χ1v) is 6.66. The van der Waals surface area contributed by atoms with Gasteiger partial charge in [-0.15, -0.1) is 0 Å². The highest BCUT2D eigenvalue weighted by molar-refractivity contribution is 5.78. The van der Waals surface area contributed by atoms with Gasteiger partial charge in [-0.05, 0) is 18.2 Å². The topological polar surface area (TPSA) is 57.3 Å². The van der Waals surface area contributed by atoms with Crippen LogP contribution in [0.25, 0.3) is 0 Å². The molecule has 1 amide bonds. The fraction of sp³-hybridized carbons (Fsp3) is 0.571. The predicted octanol–water partition coefficient (Wildman–Crippen LogP) is 1.01. The Morgan fingerprint density at radius 1 is 1.47 bits per heavy atom. The van der Waals surface area contributed by atoms with Crippen molar-refractivity contribution in [3.05, 3.63) is 23.9 Å². The van der Waals surface area contributed by atoms with Crippen molar-refractivity contribution in [3.63, 3.8) is 0 Å². The number of aromatic nitrogens is 1. The monoisotopic (exact) mass is 264 g/mol. The van der Waals surface area contributed by atoms with Crippen LogP contribution in [0.1, 0.15) is 19.4 Å². The second-order valence-corrected chi connectivity index (χ2v) is 4.70. The van der Waals surface area contributed by atoms with Crippen LogP contribution >= 0.6 is 0 Å². The summed E-state index contributed by atoms with van der Waals surface area (Å²) in [5, 5.41) is 5.92. The fourth-order valence-corrected chi connectivity index (χ4v) is 1.85. The number of hydrogen-bond acceptors (Lipinski definition) is 4. The average molecular weight is 264 g/mol. The summed E-state index contributed by atoms with van der Waals surface area (Å²) >= 11 is 0. The van der Waals surface area contributed by atoms with Crippen LogP contribution in [0.3, 0.4) is 0 Å². The van der Waals surface area contributed by atoms with Gasteiger partial charge in [-0.25, -0.2) is 4.98 Å². The number of pyridine rings is 1. The van der Waals surface area contributed by atoms with Gasteiger partial charge in [0.2, 0.25) is 5.91 Å². The van der Waals surface area contributed by atoms with Gasteiger partial charge in [0.05, 0.1) is 5.92 Å². The van der Waals surface area contributed by atoms with E-state index in [1.807, 2.05) is 31.1 Å². The number of carbonyl (C=O) groups is 1. The Morgan fingerprint density at radius 3 is 2.74 bits per heavy atom. The van der Waals surface area contributed by atoms with Crippen LogP contribution in [0, 0.1) is 5.92 Å². The van der Waals surface area contributed by atoms with Crippen molar-refractivity contribution in [2.45, 2.75) is 20.4 Å². The number of hydrogen-bond donors (Lipinski definition) is 2. The van der Waals surface area contributed by atoms with E-state index in [1.54, 1.807) is 7.05 Å². The molecule has 0 aliphatic heterocycles. The summed E-state index contributed by atoms with van der Waals surface area (Å²) in [6.07, 6.45) is 1.87.